The van der Waals surface area contributed by atoms with Gasteiger partial charge < -0.3 is 5.41 Å². The van der Waals surface area contributed by atoms with Gasteiger partial charge in [0.05, 0.1) is 23.3 Å². The third kappa shape index (κ3) is 4.42. The lowest BCUT2D eigenvalue weighted by Crippen LogP contribution is -2.15. The molecule has 2 aromatic rings. The Balaban J connectivity index is 2.21. The fourth-order valence-corrected chi connectivity index (χ4v) is 4.67. The first-order chi connectivity index (χ1) is 14.6. The lowest BCUT2D eigenvalue weighted by molar-refractivity contribution is 0.827. The van der Waals surface area contributed by atoms with Crippen LogP contribution in [0.4, 0.5) is 0 Å². The molecule has 0 aromatic heterocycles. The van der Waals surface area contributed by atoms with E-state index in [-0.39, 0.29) is 0 Å². The van der Waals surface area contributed by atoms with E-state index in [1.165, 1.54) is 33.4 Å². The van der Waals surface area contributed by atoms with Gasteiger partial charge in [0.2, 0.25) is 0 Å². The number of nitrogens with zero attached hydrogens (tertiary/aromatic N) is 1. The van der Waals surface area contributed by atoms with Gasteiger partial charge in [-0.15, -0.1) is 0 Å². The van der Waals surface area contributed by atoms with Crippen molar-refractivity contribution in [1.82, 2.24) is 0 Å². The van der Waals surface area contributed by atoms with Crippen LogP contribution >= 0.6 is 0 Å². The zero-order valence-corrected chi connectivity index (χ0v) is 20.5. The molecule has 1 nitrogen and oxygen atoms in total. The number of benzene rings is 2. The van der Waals surface area contributed by atoms with Gasteiger partial charge in [-0.3, -0.25) is 0 Å². The van der Waals surface area contributed by atoms with Gasteiger partial charge in [-0.1, -0.05) is 91.8 Å². The molecule has 0 N–H and O–H groups in total. The van der Waals surface area contributed by atoms with Crippen LogP contribution in [0.15, 0.2) is 48.6 Å². The third-order valence-electron chi connectivity index (χ3n) is 6.32. The second-order valence-corrected chi connectivity index (χ2v) is 9.94. The summed E-state index contributed by atoms with van der Waals surface area (Å²) in [5.74, 6) is 1.52. The Hall–Kier alpha value is -2.54. The largest absolute Gasteiger partial charge is 0.778 e. The monoisotopic (exact) mass is 411 g/mol. The normalized spacial score (nSPS) is 14.4. The van der Waals surface area contributed by atoms with Crippen LogP contribution in [0.1, 0.15) is 112 Å². The highest BCUT2D eigenvalue weighted by Crippen LogP contribution is 2.41. The van der Waals surface area contributed by atoms with Gasteiger partial charge in [-0.2, -0.15) is 0 Å². The van der Waals surface area contributed by atoms with E-state index in [1.807, 2.05) is 0 Å². The van der Waals surface area contributed by atoms with Crippen LogP contribution in [0, 0.1) is 6.42 Å². The summed E-state index contributed by atoms with van der Waals surface area (Å²) >= 11 is 0. The lowest BCUT2D eigenvalue weighted by atomic mass is 9.76. The van der Waals surface area contributed by atoms with Crippen molar-refractivity contribution in [1.29, 1.82) is 0 Å². The maximum absolute atomic E-state index is 11.7. The minimum absolute atomic E-state index is 0.380. The number of rotatable bonds is 6. The van der Waals surface area contributed by atoms with Gasteiger partial charge in [-0.05, 0) is 51.6 Å². The Morgan fingerprint density at radius 3 is 1.10 bits per heavy atom. The molecule has 1 heteroatoms. The highest BCUT2D eigenvalue weighted by Gasteiger charge is 2.29. The average Bonchev–Trinajstić information content (AvgIpc) is 2.72. The summed E-state index contributed by atoms with van der Waals surface area (Å²) in [5, 5.41) is 11.7. The molecule has 0 fully saturated rings. The van der Waals surface area contributed by atoms with Crippen LogP contribution in [-0.4, -0.2) is 5.71 Å². The molecular weight excluding hydrogens is 374 g/mol. The van der Waals surface area contributed by atoms with Crippen molar-refractivity contribution in [3.8, 4) is 0 Å². The minimum atomic E-state index is 0.380. The zero-order valence-electron chi connectivity index (χ0n) is 20.5. The Bertz CT molecular complexity index is 894. The van der Waals surface area contributed by atoms with Crippen LogP contribution in [0.2, 0.25) is 0 Å². The number of hydrogen-bond acceptors (Lipinski definition) is 0. The van der Waals surface area contributed by atoms with E-state index in [4.69, 9.17) is 0 Å². The number of allylic oxidation sites excluding steroid dienone is 4. The van der Waals surface area contributed by atoms with Gasteiger partial charge in [0, 0.05) is 17.5 Å². The van der Waals surface area contributed by atoms with Gasteiger partial charge >= 0.3 is 0 Å². The fourth-order valence-electron chi connectivity index (χ4n) is 4.67. The summed E-state index contributed by atoms with van der Waals surface area (Å²) in [5.41, 5.74) is 9.84. The fraction of sp³-hybridized carbons (Fsp3) is 0.400. The summed E-state index contributed by atoms with van der Waals surface area (Å²) in [7, 11) is 0. The molecule has 0 spiro atoms. The topological polar surface area (TPSA) is 22.3 Å². The second kappa shape index (κ2) is 9.30. The Labute approximate surface area is 189 Å². The first-order valence-corrected chi connectivity index (χ1v) is 11.7. The summed E-state index contributed by atoms with van der Waals surface area (Å²) in [6.07, 6.45) is 6.27. The van der Waals surface area contributed by atoms with Gasteiger partial charge in [0.1, 0.15) is 0 Å². The molecule has 1 aliphatic rings. The first-order valence-electron chi connectivity index (χ1n) is 11.7. The first kappa shape index (κ1) is 23.1. The molecule has 0 heterocycles. The molecule has 31 heavy (non-hydrogen) atoms. The van der Waals surface area contributed by atoms with Crippen molar-refractivity contribution in [3.05, 3.63) is 93.8 Å². The average molecular weight is 412 g/mol. The maximum atomic E-state index is 11.7. The highest BCUT2D eigenvalue weighted by atomic mass is 14.5. The predicted molar refractivity (Wildman–Crippen MR) is 138 cm³/mol. The third-order valence-corrected chi connectivity index (χ3v) is 6.32. The summed E-state index contributed by atoms with van der Waals surface area (Å²) in [4.78, 5) is 0. The molecule has 0 unspecified atom stereocenters. The van der Waals surface area contributed by atoms with Gasteiger partial charge in [-0.25, -0.2) is 0 Å². The van der Waals surface area contributed by atoms with E-state index >= 15 is 0 Å². The Morgan fingerprint density at radius 1 is 0.548 bits per heavy atom. The van der Waals surface area contributed by atoms with Crippen LogP contribution in [0.5, 0.6) is 0 Å². The molecule has 0 saturated heterocycles. The van der Waals surface area contributed by atoms with Gasteiger partial charge in [0.25, 0.3) is 0 Å². The Kier molecular flexibility index (Phi) is 6.94. The van der Waals surface area contributed by atoms with Crippen molar-refractivity contribution in [2.24, 2.45) is 0 Å². The standard InChI is InChI=1S/C30H37N/c1-18(2)22-12-9-13-23(19(3)4)28(22)26-16-11-17-27(30(26)31)29-24(20(5)6)14-10-15-25(29)21(7)8/h9-21H,1-8H3. The van der Waals surface area contributed by atoms with Crippen molar-refractivity contribution in [2.45, 2.75) is 79.1 Å². The van der Waals surface area contributed by atoms with Crippen LogP contribution in [-0.2, 0) is 0 Å². The van der Waals surface area contributed by atoms with Crippen molar-refractivity contribution in [2.75, 3.05) is 0 Å². The van der Waals surface area contributed by atoms with E-state index in [2.05, 4.69) is 110 Å². The Morgan fingerprint density at radius 2 is 0.839 bits per heavy atom. The zero-order chi connectivity index (χ0) is 22.9. The van der Waals surface area contributed by atoms with Crippen LogP contribution in [0.3, 0.4) is 0 Å². The highest BCUT2D eigenvalue weighted by molar-refractivity contribution is 6.48. The quantitative estimate of drug-likeness (QED) is 0.423. The molecule has 3 rings (SSSR count). The second-order valence-electron chi connectivity index (χ2n) is 9.94. The molecule has 2 aromatic carbocycles. The van der Waals surface area contributed by atoms with E-state index in [0.29, 0.717) is 29.4 Å². The lowest BCUT2D eigenvalue weighted by Gasteiger charge is -2.26. The molecule has 1 aliphatic carbocycles. The summed E-state index contributed by atoms with van der Waals surface area (Å²) in [6.45, 7) is 17.8. The van der Waals surface area contributed by atoms with Crippen molar-refractivity contribution in [3.63, 3.8) is 0 Å². The molecule has 0 saturated carbocycles. The molecule has 0 atom stereocenters. The SMILES string of the molecule is CC(C)c1cccc(C(C)C)c1C1=C[CH+]C=C(c2c(C(C)C)cccc2C(C)C)C1=[N-]. The molecule has 162 valence electrons. The maximum Gasteiger partial charge on any atom is 0.0687 e. The smallest absolute Gasteiger partial charge is 0.0687 e. The van der Waals surface area contributed by atoms with Crippen molar-refractivity contribution < 1.29 is 0 Å². The van der Waals surface area contributed by atoms with Gasteiger partial charge in [0.15, 0.2) is 0 Å². The van der Waals surface area contributed by atoms with Crippen LogP contribution in [0.25, 0.3) is 16.6 Å². The van der Waals surface area contributed by atoms with E-state index in [9.17, 15) is 5.41 Å². The summed E-state index contributed by atoms with van der Waals surface area (Å²) in [6, 6.07) is 13.1. The minimum Gasteiger partial charge on any atom is -0.778 e. The van der Waals surface area contributed by atoms with Crippen LogP contribution < -0.4 is 0 Å². The molecule has 0 radical (unpaired) electrons. The molecule has 0 amide bonds. The predicted octanol–water partition coefficient (Wildman–Crippen LogP) is 8.88. The number of hydrogen-bond donors (Lipinski definition) is 0. The summed E-state index contributed by atoms with van der Waals surface area (Å²) < 4.78 is 0. The van der Waals surface area contributed by atoms with E-state index in [1.54, 1.807) is 0 Å². The molecule has 0 aliphatic heterocycles. The van der Waals surface area contributed by atoms with E-state index in [0.717, 1.165) is 11.1 Å². The molecular formula is C30H37N. The van der Waals surface area contributed by atoms with E-state index < -0.39 is 0 Å². The molecule has 0 bridgehead atoms. The van der Waals surface area contributed by atoms with Crippen molar-refractivity contribution >= 4 is 16.9 Å².